The summed E-state index contributed by atoms with van der Waals surface area (Å²) in [6.07, 6.45) is 1.01. The number of halogens is 2. The van der Waals surface area contributed by atoms with Gasteiger partial charge in [0, 0.05) is 13.1 Å². The predicted molar refractivity (Wildman–Crippen MR) is 86.6 cm³/mol. The molecule has 0 aliphatic carbocycles. The molecule has 0 fully saturated rings. The van der Waals surface area contributed by atoms with Crippen molar-refractivity contribution in [3.05, 3.63) is 29.6 Å². The van der Waals surface area contributed by atoms with E-state index in [2.05, 4.69) is 22.5 Å². The molecule has 4 nitrogen and oxygen atoms in total. The van der Waals surface area contributed by atoms with Gasteiger partial charge >= 0.3 is 0 Å². The van der Waals surface area contributed by atoms with E-state index in [0.717, 1.165) is 25.1 Å². The lowest BCUT2D eigenvalue weighted by Crippen LogP contribution is -2.37. The molecule has 3 N–H and O–H groups in total. The Morgan fingerprint density at radius 1 is 1.32 bits per heavy atom. The fraction of sp³-hybridized carbons (Fsp3) is 0.462. The first-order valence-corrected chi connectivity index (χ1v) is 6.17. The zero-order valence-electron chi connectivity index (χ0n) is 11.2. The molecule has 108 valence electrons. The Hall–Kier alpha value is -1.05. The zero-order chi connectivity index (χ0) is 13.4. The van der Waals surface area contributed by atoms with Gasteiger partial charge < -0.3 is 15.7 Å². The van der Waals surface area contributed by atoms with Gasteiger partial charge in [-0.2, -0.15) is 0 Å². The van der Waals surface area contributed by atoms with Crippen molar-refractivity contribution < 1.29 is 9.50 Å². The molecular weight excluding hydrogens is 360 g/mol. The maximum Gasteiger partial charge on any atom is 0.191 e. The quantitative estimate of drug-likeness (QED) is 0.418. The van der Waals surface area contributed by atoms with Crippen LogP contribution in [0.2, 0.25) is 0 Å². The Morgan fingerprint density at radius 2 is 2.05 bits per heavy atom. The van der Waals surface area contributed by atoms with Gasteiger partial charge in [-0.05, 0) is 31.0 Å². The monoisotopic (exact) mass is 381 g/mol. The van der Waals surface area contributed by atoms with Crippen molar-refractivity contribution in [3.8, 4) is 5.75 Å². The van der Waals surface area contributed by atoms with Crippen LogP contribution in [0.15, 0.2) is 23.2 Å². The van der Waals surface area contributed by atoms with Gasteiger partial charge in [-0.3, -0.25) is 0 Å². The van der Waals surface area contributed by atoms with Crippen molar-refractivity contribution >= 4 is 29.9 Å². The Bertz CT molecular complexity index is 413. The number of benzene rings is 1. The maximum atomic E-state index is 13.1. The molecule has 0 aliphatic heterocycles. The average Bonchev–Trinajstić information content (AvgIpc) is 2.37. The lowest BCUT2D eigenvalue weighted by atomic mass is 10.2. The van der Waals surface area contributed by atoms with Gasteiger partial charge in [0.1, 0.15) is 0 Å². The molecule has 0 heterocycles. The number of hydrogen-bond acceptors (Lipinski definition) is 2. The minimum Gasteiger partial charge on any atom is -0.505 e. The predicted octanol–water partition coefficient (Wildman–Crippen LogP) is 2.61. The summed E-state index contributed by atoms with van der Waals surface area (Å²) >= 11 is 0. The number of phenols is 1. The highest BCUT2D eigenvalue weighted by atomic mass is 127. The van der Waals surface area contributed by atoms with Gasteiger partial charge in [-0.15, -0.1) is 24.0 Å². The molecule has 0 amide bonds. The van der Waals surface area contributed by atoms with Crippen LogP contribution in [0.1, 0.15) is 25.8 Å². The van der Waals surface area contributed by atoms with Crippen LogP contribution in [0.25, 0.3) is 0 Å². The summed E-state index contributed by atoms with van der Waals surface area (Å²) in [5.41, 5.74) is 0.721. The fourth-order valence-electron chi connectivity index (χ4n) is 1.40. The minimum atomic E-state index is -0.616. The van der Waals surface area contributed by atoms with Gasteiger partial charge in [0.05, 0.1) is 6.54 Å². The number of hydrogen-bond donors (Lipinski definition) is 3. The van der Waals surface area contributed by atoms with Gasteiger partial charge in [0.25, 0.3) is 0 Å². The Kier molecular flexibility index (Phi) is 9.28. The van der Waals surface area contributed by atoms with Gasteiger partial charge in [-0.1, -0.05) is 13.0 Å². The first-order chi connectivity index (χ1) is 8.67. The van der Waals surface area contributed by atoms with Crippen LogP contribution < -0.4 is 10.6 Å². The summed E-state index contributed by atoms with van der Waals surface area (Å²) < 4.78 is 13.1. The standard InChI is InChI=1S/C13H20FN3O.HI/c1-3-7-16-13(15-4-2)17-9-10-5-6-12(18)11(14)8-10;/h5-6,8,18H,3-4,7,9H2,1-2H3,(H2,15,16,17);1H. The summed E-state index contributed by atoms with van der Waals surface area (Å²) in [4.78, 5) is 4.34. The van der Waals surface area contributed by atoms with Crippen LogP contribution in [0.3, 0.4) is 0 Å². The number of guanidine groups is 1. The molecule has 0 saturated heterocycles. The summed E-state index contributed by atoms with van der Waals surface area (Å²) in [7, 11) is 0. The molecule has 0 saturated carbocycles. The van der Waals surface area contributed by atoms with Crippen molar-refractivity contribution in [1.82, 2.24) is 10.6 Å². The lowest BCUT2D eigenvalue weighted by Gasteiger charge is -2.10. The highest BCUT2D eigenvalue weighted by molar-refractivity contribution is 14.0. The first-order valence-electron chi connectivity index (χ1n) is 6.17. The maximum absolute atomic E-state index is 13.1. The summed E-state index contributed by atoms with van der Waals surface area (Å²) in [5, 5.41) is 15.4. The van der Waals surface area contributed by atoms with E-state index in [1.165, 1.54) is 12.1 Å². The largest absolute Gasteiger partial charge is 0.505 e. The third kappa shape index (κ3) is 6.60. The smallest absolute Gasteiger partial charge is 0.191 e. The third-order valence-corrected chi connectivity index (χ3v) is 2.32. The van der Waals surface area contributed by atoms with Crippen LogP contribution in [0.4, 0.5) is 4.39 Å². The third-order valence-electron chi connectivity index (χ3n) is 2.32. The van der Waals surface area contributed by atoms with E-state index < -0.39 is 5.82 Å². The number of nitrogens with one attached hydrogen (secondary N) is 2. The first kappa shape index (κ1) is 17.9. The van der Waals surface area contributed by atoms with E-state index in [1.807, 2.05) is 6.92 Å². The van der Waals surface area contributed by atoms with E-state index >= 15 is 0 Å². The summed E-state index contributed by atoms with van der Waals surface area (Å²) in [6, 6.07) is 4.29. The number of nitrogens with zero attached hydrogens (tertiary/aromatic N) is 1. The van der Waals surface area contributed by atoms with Crippen LogP contribution in [-0.4, -0.2) is 24.2 Å². The van der Waals surface area contributed by atoms with Crippen molar-refractivity contribution in [2.24, 2.45) is 4.99 Å². The molecule has 19 heavy (non-hydrogen) atoms. The summed E-state index contributed by atoms with van der Waals surface area (Å²) in [5.74, 6) is -0.235. The second kappa shape index (κ2) is 9.82. The molecular formula is C13H21FIN3O. The highest BCUT2D eigenvalue weighted by Crippen LogP contribution is 2.16. The molecule has 1 rings (SSSR count). The molecule has 0 radical (unpaired) electrons. The molecule has 0 atom stereocenters. The van der Waals surface area contributed by atoms with E-state index in [4.69, 9.17) is 5.11 Å². The molecule has 0 spiro atoms. The van der Waals surface area contributed by atoms with Crippen molar-refractivity contribution in [1.29, 1.82) is 0 Å². The molecule has 0 aliphatic rings. The average molecular weight is 381 g/mol. The van der Waals surface area contributed by atoms with Crippen LogP contribution >= 0.6 is 24.0 Å². The minimum absolute atomic E-state index is 0. The van der Waals surface area contributed by atoms with Crippen molar-refractivity contribution in [3.63, 3.8) is 0 Å². The topological polar surface area (TPSA) is 56.7 Å². The number of rotatable bonds is 5. The van der Waals surface area contributed by atoms with Gasteiger partial charge in [0.15, 0.2) is 17.5 Å². The molecule has 0 bridgehead atoms. The molecule has 1 aromatic carbocycles. The van der Waals surface area contributed by atoms with Gasteiger partial charge in [-0.25, -0.2) is 9.38 Å². The normalized spacial score (nSPS) is 10.8. The number of phenolic OH excluding ortho intramolecular Hbond substituents is 1. The van der Waals surface area contributed by atoms with E-state index in [-0.39, 0.29) is 29.7 Å². The molecule has 6 heteroatoms. The van der Waals surface area contributed by atoms with Crippen LogP contribution in [0, 0.1) is 5.82 Å². The zero-order valence-corrected chi connectivity index (χ0v) is 13.6. The Balaban J connectivity index is 0.00000324. The molecule has 0 unspecified atom stereocenters. The molecule has 1 aromatic rings. The van der Waals surface area contributed by atoms with Crippen molar-refractivity contribution in [2.75, 3.05) is 13.1 Å². The van der Waals surface area contributed by atoms with E-state index in [1.54, 1.807) is 6.07 Å². The highest BCUT2D eigenvalue weighted by Gasteiger charge is 2.01. The number of aliphatic imine (C=N–C) groups is 1. The number of aromatic hydroxyl groups is 1. The second-order valence-electron chi connectivity index (χ2n) is 3.91. The fourth-order valence-corrected chi connectivity index (χ4v) is 1.40. The molecule has 0 aromatic heterocycles. The van der Waals surface area contributed by atoms with Crippen LogP contribution in [0.5, 0.6) is 5.75 Å². The Labute approximate surface area is 130 Å². The van der Waals surface area contributed by atoms with Gasteiger partial charge in [0.2, 0.25) is 0 Å². The summed E-state index contributed by atoms with van der Waals surface area (Å²) in [6.45, 7) is 6.06. The lowest BCUT2D eigenvalue weighted by molar-refractivity contribution is 0.432. The van der Waals surface area contributed by atoms with E-state index in [9.17, 15) is 4.39 Å². The second-order valence-corrected chi connectivity index (χ2v) is 3.91. The van der Waals surface area contributed by atoms with Crippen molar-refractivity contribution in [2.45, 2.75) is 26.8 Å². The Morgan fingerprint density at radius 3 is 2.63 bits per heavy atom. The SMILES string of the molecule is CCCNC(=NCc1ccc(O)c(F)c1)NCC.I. The van der Waals surface area contributed by atoms with E-state index in [0.29, 0.717) is 12.5 Å². The van der Waals surface area contributed by atoms with Crippen LogP contribution in [-0.2, 0) is 6.54 Å².